The number of nitrogens with one attached hydrogen (secondary N) is 1. The maximum atomic E-state index is 12.0. The predicted molar refractivity (Wildman–Crippen MR) is 85.7 cm³/mol. The number of aryl methyl sites for hydroxylation is 1. The second-order valence-corrected chi connectivity index (χ2v) is 5.34. The highest BCUT2D eigenvalue weighted by molar-refractivity contribution is 5.76. The molecule has 0 aliphatic rings. The zero-order valence-electron chi connectivity index (χ0n) is 13.4. The average molecular weight is 301 g/mol. The van der Waals surface area contributed by atoms with Crippen molar-refractivity contribution in [2.45, 2.75) is 39.8 Å². The Bertz CT molecular complexity index is 605. The van der Waals surface area contributed by atoms with Crippen LogP contribution in [0.2, 0.25) is 0 Å². The van der Waals surface area contributed by atoms with Crippen LogP contribution in [0.25, 0.3) is 0 Å². The highest BCUT2D eigenvalue weighted by Crippen LogP contribution is 2.13. The molecule has 1 amide bonds. The SMILES string of the molecule is CCOc1ccc(CNC(=O)C[C@H](C)n2ccc(C)n2)cc1. The summed E-state index contributed by atoms with van der Waals surface area (Å²) in [5.41, 5.74) is 2.01. The first kappa shape index (κ1) is 16.1. The molecule has 5 nitrogen and oxygen atoms in total. The number of ether oxygens (including phenoxy) is 1. The van der Waals surface area contributed by atoms with E-state index < -0.39 is 0 Å². The minimum absolute atomic E-state index is 0.0227. The number of hydrogen-bond acceptors (Lipinski definition) is 3. The van der Waals surface area contributed by atoms with Gasteiger partial charge in [-0.3, -0.25) is 9.48 Å². The van der Waals surface area contributed by atoms with Gasteiger partial charge < -0.3 is 10.1 Å². The fourth-order valence-corrected chi connectivity index (χ4v) is 2.18. The summed E-state index contributed by atoms with van der Waals surface area (Å²) in [6.07, 6.45) is 2.32. The summed E-state index contributed by atoms with van der Waals surface area (Å²) < 4.78 is 7.22. The molecule has 2 aromatic rings. The molecule has 0 saturated heterocycles. The van der Waals surface area contributed by atoms with Crippen molar-refractivity contribution < 1.29 is 9.53 Å². The van der Waals surface area contributed by atoms with Crippen LogP contribution in [0.15, 0.2) is 36.5 Å². The Hall–Kier alpha value is -2.30. The van der Waals surface area contributed by atoms with Crippen molar-refractivity contribution in [2.24, 2.45) is 0 Å². The first-order chi connectivity index (χ1) is 10.6. The van der Waals surface area contributed by atoms with Crippen LogP contribution in [0.5, 0.6) is 5.75 Å². The zero-order valence-corrected chi connectivity index (χ0v) is 13.4. The number of aromatic nitrogens is 2. The number of amides is 1. The van der Waals surface area contributed by atoms with Gasteiger partial charge in [-0.05, 0) is 44.5 Å². The van der Waals surface area contributed by atoms with Gasteiger partial charge in [0.15, 0.2) is 0 Å². The molecule has 0 aliphatic carbocycles. The maximum Gasteiger partial charge on any atom is 0.222 e. The summed E-state index contributed by atoms with van der Waals surface area (Å²) in [5.74, 6) is 0.870. The summed E-state index contributed by atoms with van der Waals surface area (Å²) in [6, 6.07) is 9.75. The van der Waals surface area contributed by atoms with Crippen molar-refractivity contribution in [3.63, 3.8) is 0 Å². The Labute approximate surface area is 131 Å². The summed E-state index contributed by atoms with van der Waals surface area (Å²) in [7, 11) is 0. The van der Waals surface area contributed by atoms with E-state index in [2.05, 4.69) is 10.4 Å². The topological polar surface area (TPSA) is 56.1 Å². The number of nitrogens with zero attached hydrogens (tertiary/aromatic N) is 2. The standard InChI is InChI=1S/C17H23N3O2/c1-4-22-16-7-5-15(6-8-16)12-18-17(21)11-14(3)20-10-9-13(2)19-20/h5-10,14H,4,11-12H2,1-3H3,(H,18,21)/t14-/m0/s1. The number of carbonyl (C=O) groups is 1. The van der Waals surface area contributed by atoms with Gasteiger partial charge in [0.2, 0.25) is 5.91 Å². The van der Waals surface area contributed by atoms with E-state index in [1.807, 2.05) is 62.0 Å². The molecule has 1 heterocycles. The number of hydrogen-bond donors (Lipinski definition) is 1. The van der Waals surface area contributed by atoms with Crippen molar-refractivity contribution in [3.8, 4) is 5.75 Å². The van der Waals surface area contributed by atoms with Crippen LogP contribution in [0.4, 0.5) is 0 Å². The fraction of sp³-hybridized carbons (Fsp3) is 0.412. The third-order valence-corrected chi connectivity index (χ3v) is 3.40. The van der Waals surface area contributed by atoms with Crippen LogP contribution in [-0.2, 0) is 11.3 Å². The van der Waals surface area contributed by atoms with Gasteiger partial charge in [0.1, 0.15) is 5.75 Å². The van der Waals surface area contributed by atoms with Crippen LogP contribution < -0.4 is 10.1 Å². The molecule has 22 heavy (non-hydrogen) atoms. The Morgan fingerprint density at radius 2 is 2.05 bits per heavy atom. The molecule has 1 aromatic carbocycles. The number of benzene rings is 1. The molecule has 0 unspecified atom stereocenters. The van der Waals surface area contributed by atoms with E-state index in [4.69, 9.17) is 4.74 Å². The second kappa shape index (κ2) is 7.64. The third-order valence-electron chi connectivity index (χ3n) is 3.40. The summed E-state index contributed by atoms with van der Waals surface area (Å²) in [6.45, 7) is 7.06. The van der Waals surface area contributed by atoms with Crippen LogP contribution >= 0.6 is 0 Å². The maximum absolute atomic E-state index is 12.0. The Kier molecular flexibility index (Phi) is 5.58. The van der Waals surface area contributed by atoms with Crippen LogP contribution in [-0.4, -0.2) is 22.3 Å². The highest BCUT2D eigenvalue weighted by atomic mass is 16.5. The lowest BCUT2D eigenvalue weighted by Crippen LogP contribution is -2.25. The summed E-state index contributed by atoms with van der Waals surface area (Å²) in [4.78, 5) is 12.0. The van der Waals surface area contributed by atoms with Crippen molar-refractivity contribution in [1.82, 2.24) is 15.1 Å². The van der Waals surface area contributed by atoms with E-state index in [-0.39, 0.29) is 11.9 Å². The Morgan fingerprint density at radius 3 is 2.64 bits per heavy atom. The molecular weight excluding hydrogens is 278 g/mol. The van der Waals surface area contributed by atoms with Gasteiger partial charge in [-0.1, -0.05) is 12.1 Å². The molecule has 2 rings (SSSR count). The van der Waals surface area contributed by atoms with E-state index in [9.17, 15) is 4.79 Å². The first-order valence-corrected chi connectivity index (χ1v) is 7.58. The molecule has 118 valence electrons. The Balaban J connectivity index is 1.79. The minimum atomic E-state index is 0.0227. The van der Waals surface area contributed by atoms with Crippen molar-refractivity contribution >= 4 is 5.91 Å². The lowest BCUT2D eigenvalue weighted by atomic mass is 10.2. The molecule has 0 spiro atoms. The third kappa shape index (κ3) is 4.62. The largest absolute Gasteiger partial charge is 0.494 e. The minimum Gasteiger partial charge on any atom is -0.494 e. The van der Waals surface area contributed by atoms with Crippen LogP contribution in [0.1, 0.15) is 37.6 Å². The summed E-state index contributed by atoms with van der Waals surface area (Å²) >= 11 is 0. The monoisotopic (exact) mass is 301 g/mol. The van der Waals surface area contributed by atoms with Gasteiger partial charge >= 0.3 is 0 Å². The molecular formula is C17H23N3O2. The van der Waals surface area contributed by atoms with Gasteiger partial charge in [-0.15, -0.1) is 0 Å². The predicted octanol–water partition coefficient (Wildman–Crippen LogP) is 2.86. The van der Waals surface area contributed by atoms with Gasteiger partial charge in [0, 0.05) is 19.2 Å². The zero-order chi connectivity index (χ0) is 15.9. The molecule has 1 aromatic heterocycles. The van der Waals surface area contributed by atoms with Crippen LogP contribution in [0.3, 0.4) is 0 Å². The molecule has 0 saturated carbocycles. The average Bonchev–Trinajstić information content (AvgIpc) is 2.93. The molecule has 1 atom stereocenters. The molecule has 1 N–H and O–H groups in total. The smallest absolute Gasteiger partial charge is 0.222 e. The lowest BCUT2D eigenvalue weighted by molar-refractivity contribution is -0.122. The molecule has 0 radical (unpaired) electrons. The van der Waals surface area contributed by atoms with Gasteiger partial charge in [0.05, 0.1) is 18.3 Å². The fourth-order valence-electron chi connectivity index (χ4n) is 2.18. The lowest BCUT2D eigenvalue weighted by Gasteiger charge is -2.12. The van der Waals surface area contributed by atoms with Crippen molar-refractivity contribution in [3.05, 3.63) is 47.8 Å². The quantitative estimate of drug-likeness (QED) is 0.855. The van der Waals surface area contributed by atoms with Crippen LogP contribution in [0, 0.1) is 6.92 Å². The first-order valence-electron chi connectivity index (χ1n) is 7.58. The Morgan fingerprint density at radius 1 is 1.32 bits per heavy atom. The van der Waals surface area contributed by atoms with E-state index >= 15 is 0 Å². The van der Waals surface area contributed by atoms with E-state index in [1.165, 1.54) is 0 Å². The van der Waals surface area contributed by atoms with E-state index in [0.717, 1.165) is 17.0 Å². The number of carbonyl (C=O) groups excluding carboxylic acids is 1. The van der Waals surface area contributed by atoms with Gasteiger partial charge in [-0.2, -0.15) is 5.10 Å². The van der Waals surface area contributed by atoms with E-state index in [1.54, 1.807) is 0 Å². The van der Waals surface area contributed by atoms with E-state index in [0.29, 0.717) is 19.6 Å². The molecule has 0 aliphatic heterocycles. The van der Waals surface area contributed by atoms with Gasteiger partial charge in [0.25, 0.3) is 0 Å². The summed E-state index contributed by atoms with van der Waals surface area (Å²) in [5, 5.41) is 7.27. The molecule has 5 heteroatoms. The normalized spacial score (nSPS) is 12.0. The van der Waals surface area contributed by atoms with Gasteiger partial charge in [-0.25, -0.2) is 0 Å². The highest BCUT2D eigenvalue weighted by Gasteiger charge is 2.11. The van der Waals surface area contributed by atoms with Crippen molar-refractivity contribution in [1.29, 1.82) is 0 Å². The molecule has 0 fully saturated rings. The number of rotatable bonds is 7. The van der Waals surface area contributed by atoms with Crippen molar-refractivity contribution in [2.75, 3.05) is 6.61 Å². The molecule has 0 bridgehead atoms. The second-order valence-electron chi connectivity index (χ2n) is 5.34.